The van der Waals surface area contributed by atoms with Crippen molar-refractivity contribution in [1.29, 1.82) is 0 Å². The Kier molecular flexibility index (Phi) is 2.82. The van der Waals surface area contributed by atoms with E-state index in [0.29, 0.717) is 6.42 Å². The lowest BCUT2D eigenvalue weighted by molar-refractivity contribution is -0.304. The van der Waals surface area contributed by atoms with Crippen molar-refractivity contribution < 1.29 is 18.3 Å². The van der Waals surface area contributed by atoms with Gasteiger partial charge < -0.3 is 9.90 Å². The van der Waals surface area contributed by atoms with Crippen LogP contribution in [0.15, 0.2) is 10.9 Å². The highest BCUT2D eigenvalue weighted by atomic mass is 32.2. The standard InChI is InChI=1S/C9H12N2O5S/c12-8-3-6(4-9(13)14)10-11(8)7-1-2-17(15,16)5-7/h3,7,10H,1-2,4-5H2,(H,13,14)/p-1/t7-/m1/s1. The second kappa shape index (κ2) is 4.02. The van der Waals surface area contributed by atoms with Crippen molar-refractivity contribution in [3.8, 4) is 0 Å². The normalized spacial score (nSPS) is 22.7. The Morgan fingerprint density at radius 2 is 2.29 bits per heavy atom. The number of hydrogen-bond donors (Lipinski definition) is 1. The number of carbonyl (C=O) groups excluding carboxylic acids is 1. The number of carbonyl (C=O) groups is 1. The predicted octanol–water partition coefficient (Wildman–Crippen LogP) is -2.17. The zero-order chi connectivity index (χ0) is 12.6. The molecule has 1 atom stereocenters. The van der Waals surface area contributed by atoms with Crippen molar-refractivity contribution in [2.45, 2.75) is 18.9 Å². The molecule has 0 unspecified atom stereocenters. The van der Waals surface area contributed by atoms with Gasteiger partial charge in [0.1, 0.15) is 0 Å². The second-order valence-electron chi connectivity index (χ2n) is 4.10. The lowest BCUT2D eigenvalue weighted by Gasteiger charge is -2.08. The summed E-state index contributed by atoms with van der Waals surface area (Å²) in [4.78, 5) is 21.9. The van der Waals surface area contributed by atoms with Gasteiger partial charge >= 0.3 is 0 Å². The molecule has 1 N–H and O–H groups in total. The number of aliphatic carboxylic acids is 1. The molecule has 2 heterocycles. The maximum absolute atomic E-state index is 11.5. The van der Waals surface area contributed by atoms with Gasteiger partial charge in [-0.05, 0) is 6.42 Å². The van der Waals surface area contributed by atoms with E-state index in [9.17, 15) is 23.1 Å². The Hall–Kier alpha value is -1.57. The summed E-state index contributed by atoms with van der Waals surface area (Å²) in [5, 5.41) is 13.0. The van der Waals surface area contributed by atoms with Crippen LogP contribution in [0.4, 0.5) is 0 Å². The first-order valence-corrected chi connectivity index (χ1v) is 6.90. The summed E-state index contributed by atoms with van der Waals surface area (Å²) < 4.78 is 23.7. The zero-order valence-electron chi connectivity index (χ0n) is 8.88. The van der Waals surface area contributed by atoms with Gasteiger partial charge in [0, 0.05) is 24.2 Å². The van der Waals surface area contributed by atoms with Gasteiger partial charge in [-0.1, -0.05) is 0 Å². The Morgan fingerprint density at radius 1 is 1.59 bits per heavy atom. The Bertz CT molecular complexity index is 597. The number of nitrogens with one attached hydrogen (secondary N) is 1. The molecule has 1 aromatic heterocycles. The smallest absolute Gasteiger partial charge is 0.267 e. The average Bonchev–Trinajstić information content (AvgIpc) is 2.68. The number of hydrogen-bond acceptors (Lipinski definition) is 5. The van der Waals surface area contributed by atoms with Gasteiger partial charge in [-0.3, -0.25) is 9.89 Å². The van der Waals surface area contributed by atoms with Crippen molar-refractivity contribution >= 4 is 15.8 Å². The molecule has 1 aliphatic heterocycles. The van der Waals surface area contributed by atoms with E-state index in [-0.39, 0.29) is 23.6 Å². The van der Waals surface area contributed by atoms with Crippen molar-refractivity contribution in [2.24, 2.45) is 0 Å². The molecule has 1 fully saturated rings. The van der Waals surface area contributed by atoms with E-state index >= 15 is 0 Å². The molecule has 0 spiro atoms. The third-order valence-electron chi connectivity index (χ3n) is 2.71. The van der Waals surface area contributed by atoms with Gasteiger partial charge in [0.05, 0.1) is 17.5 Å². The molecular weight excluding hydrogens is 248 g/mol. The fourth-order valence-electron chi connectivity index (χ4n) is 1.96. The van der Waals surface area contributed by atoms with Crippen LogP contribution in [0.2, 0.25) is 0 Å². The van der Waals surface area contributed by atoms with Crippen molar-refractivity contribution in [3.05, 3.63) is 22.1 Å². The second-order valence-corrected chi connectivity index (χ2v) is 6.32. The largest absolute Gasteiger partial charge is 0.550 e. The van der Waals surface area contributed by atoms with Crippen LogP contribution in [0.25, 0.3) is 0 Å². The van der Waals surface area contributed by atoms with Crippen LogP contribution < -0.4 is 10.7 Å². The number of aromatic amines is 1. The number of rotatable bonds is 3. The monoisotopic (exact) mass is 259 g/mol. The van der Waals surface area contributed by atoms with Crippen LogP contribution in [0.5, 0.6) is 0 Å². The minimum absolute atomic E-state index is 0.0545. The number of aromatic nitrogens is 2. The quantitative estimate of drug-likeness (QED) is 0.663. The molecule has 8 heteroatoms. The fourth-order valence-corrected chi connectivity index (χ4v) is 3.66. The van der Waals surface area contributed by atoms with Gasteiger partial charge in [0.2, 0.25) is 0 Å². The van der Waals surface area contributed by atoms with Crippen molar-refractivity contribution in [2.75, 3.05) is 11.5 Å². The van der Waals surface area contributed by atoms with E-state index < -0.39 is 27.4 Å². The van der Waals surface area contributed by atoms with Gasteiger partial charge in [0.15, 0.2) is 9.84 Å². The molecular formula is C9H11N2O5S-. The maximum atomic E-state index is 11.5. The Labute approximate surface area is 97.0 Å². The molecule has 1 aliphatic rings. The summed E-state index contributed by atoms with van der Waals surface area (Å²) in [7, 11) is -3.08. The molecule has 0 saturated carbocycles. The minimum atomic E-state index is -3.08. The molecule has 1 aromatic rings. The first kappa shape index (κ1) is 11.9. The van der Waals surface area contributed by atoms with E-state index in [2.05, 4.69) is 5.10 Å². The molecule has 17 heavy (non-hydrogen) atoms. The lowest BCUT2D eigenvalue weighted by Crippen LogP contribution is -2.25. The Morgan fingerprint density at radius 3 is 2.82 bits per heavy atom. The minimum Gasteiger partial charge on any atom is -0.550 e. The van der Waals surface area contributed by atoms with Gasteiger partial charge in [-0.25, -0.2) is 13.1 Å². The van der Waals surface area contributed by atoms with Gasteiger partial charge in [0.25, 0.3) is 5.56 Å². The molecule has 0 aromatic carbocycles. The predicted molar refractivity (Wildman–Crippen MR) is 56.1 cm³/mol. The fraction of sp³-hybridized carbons (Fsp3) is 0.556. The third-order valence-corrected chi connectivity index (χ3v) is 4.46. The molecule has 7 nitrogen and oxygen atoms in total. The van der Waals surface area contributed by atoms with E-state index in [1.54, 1.807) is 0 Å². The van der Waals surface area contributed by atoms with E-state index in [1.165, 1.54) is 4.68 Å². The number of sulfone groups is 1. The molecule has 1 saturated heterocycles. The summed E-state index contributed by atoms with van der Waals surface area (Å²) in [6.07, 6.45) is -0.0186. The SMILES string of the molecule is O=C([O-])Cc1cc(=O)n([C@@H]2CCS(=O)(=O)C2)[nH]1. The first-order valence-electron chi connectivity index (χ1n) is 5.08. The van der Waals surface area contributed by atoms with Crippen LogP contribution in [-0.4, -0.2) is 35.7 Å². The summed E-state index contributed by atoms with van der Waals surface area (Å²) >= 11 is 0. The molecule has 0 radical (unpaired) electrons. The molecule has 0 bridgehead atoms. The van der Waals surface area contributed by atoms with Crippen LogP contribution >= 0.6 is 0 Å². The molecule has 0 aliphatic carbocycles. The third kappa shape index (κ3) is 2.57. The van der Waals surface area contributed by atoms with Gasteiger partial charge in [-0.2, -0.15) is 0 Å². The summed E-state index contributed by atoms with van der Waals surface area (Å²) in [5.74, 6) is -1.32. The molecule has 0 amide bonds. The maximum Gasteiger partial charge on any atom is 0.267 e. The summed E-state index contributed by atoms with van der Waals surface area (Å²) in [6.45, 7) is 0. The summed E-state index contributed by atoms with van der Waals surface area (Å²) in [5.41, 5.74) is -0.192. The number of nitrogens with zero attached hydrogens (tertiary/aromatic N) is 1. The van der Waals surface area contributed by atoms with E-state index in [1.807, 2.05) is 0 Å². The van der Waals surface area contributed by atoms with Crippen molar-refractivity contribution in [1.82, 2.24) is 9.78 Å². The molecule has 94 valence electrons. The number of carboxylic acid groups (broad SMARTS) is 1. The number of H-pyrrole nitrogens is 1. The number of carboxylic acids is 1. The zero-order valence-corrected chi connectivity index (χ0v) is 9.70. The lowest BCUT2D eigenvalue weighted by atomic mass is 10.3. The van der Waals surface area contributed by atoms with E-state index in [4.69, 9.17) is 0 Å². The van der Waals surface area contributed by atoms with Crippen LogP contribution in [0, 0.1) is 0 Å². The van der Waals surface area contributed by atoms with Crippen LogP contribution in [0.1, 0.15) is 18.2 Å². The van der Waals surface area contributed by atoms with Gasteiger partial charge in [-0.15, -0.1) is 0 Å². The topological polar surface area (TPSA) is 112 Å². The summed E-state index contributed by atoms with van der Waals surface area (Å²) in [6, 6.07) is 0.726. The highest BCUT2D eigenvalue weighted by Crippen LogP contribution is 2.21. The van der Waals surface area contributed by atoms with Crippen LogP contribution in [-0.2, 0) is 21.1 Å². The van der Waals surface area contributed by atoms with Crippen molar-refractivity contribution in [3.63, 3.8) is 0 Å². The highest BCUT2D eigenvalue weighted by molar-refractivity contribution is 7.91. The van der Waals surface area contributed by atoms with Crippen LogP contribution in [0.3, 0.4) is 0 Å². The van der Waals surface area contributed by atoms with E-state index in [0.717, 1.165) is 6.07 Å². The molecule has 2 rings (SSSR count). The first-order chi connectivity index (χ1) is 7.87. The average molecular weight is 259 g/mol. The highest BCUT2D eigenvalue weighted by Gasteiger charge is 2.30. The Balaban J connectivity index is 2.25.